The van der Waals surface area contributed by atoms with Crippen molar-refractivity contribution >= 4 is 11.9 Å². The summed E-state index contributed by atoms with van der Waals surface area (Å²) in [5.74, 6) is 1.78. The highest BCUT2D eigenvalue weighted by Gasteiger charge is 2.18. The summed E-state index contributed by atoms with van der Waals surface area (Å²) in [6.07, 6.45) is 7.31. The van der Waals surface area contributed by atoms with E-state index in [1.807, 2.05) is 7.05 Å². The highest BCUT2D eigenvalue weighted by atomic mass is 16.5. The molecular weight excluding hydrogens is 266 g/mol. The Hall–Kier alpha value is -1.26. The van der Waals surface area contributed by atoms with Gasteiger partial charge in [-0.25, -0.2) is 0 Å². The molecule has 0 aromatic heterocycles. The van der Waals surface area contributed by atoms with Crippen molar-refractivity contribution in [1.82, 2.24) is 10.2 Å². The van der Waals surface area contributed by atoms with Gasteiger partial charge in [0.15, 0.2) is 5.96 Å². The number of nitrogens with zero attached hydrogens (tertiary/aromatic N) is 2. The zero-order chi connectivity index (χ0) is 15.5. The molecule has 0 spiro atoms. The average Bonchev–Trinajstić information content (AvgIpc) is 2.51. The fourth-order valence-corrected chi connectivity index (χ4v) is 2.60. The molecule has 0 bridgehead atoms. The molecule has 0 unspecified atom stereocenters. The molecule has 5 nitrogen and oxygen atoms in total. The van der Waals surface area contributed by atoms with E-state index in [0.717, 1.165) is 57.2 Å². The Morgan fingerprint density at radius 2 is 1.90 bits per heavy atom. The average molecular weight is 297 g/mol. The molecule has 0 radical (unpaired) electrons. The monoisotopic (exact) mass is 297 g/mol. The smallest absolute Gasteiger partial charge is 0.305 e. The quantitative estimate of drug-likeness (QED) is 0.339. The van der Waals surface area contributed by atoms with Gasteiger partial charge in [0.25, 0.3) is 0 Å². The van der Waals surface area contributed by atoms with Crippen molar-refractivity contribution in [2.75, 3.05) is 33.8 Å². The maximum atomic E-state index is 11.0. The lowest BCUT2D eigenvalue weighted by Gasteiger charge is -2.32. The third-order valence-corrected chi connectivity index (χ3v) is 4.11. The van der Waals surface area contributed by atoms with Gasteiger partial charge in [0.2, 0.25) is 0 Å². The van der Waals surface area contributed by atoms with E-state index in [-0.39, 0.29) is 5.97 Å². The highest BCUT2D eigenvalue weighted by Crippen LogP contribution is 2.15. The lowest BCUT2D eigenvalue weighted by molar-refractivity contribution is -0.140. The van der Waals surface area contributed by atoms with Crippen LogP contribution >= 0.6 is 0 Å². The summed E-state index contributed by atoms with van der Waals surface area (Å²) in [7, 11) is 3.30. The van der Waals surface area contributed by atoms with Gasteiger partial charge in [-0.3, -0.25) is 9.79 Å². The van der Waals surface area contributed by atoms with Crippen molar-refractivity contribution in [3.05, 3.63) is 0 Å². The molecule has 0 atom stereocenters. The van der Waals surface area contributed by atoms with Crippen LogP contribution in [0.3, 0.4) is 0 Å². The molecule has 0 aliphatic carbocycles. The van der Waals surface area contributed by atoms with E-state index in [1.54, 1.807) is 0 Å². The second-order valence-corrected chi connectivity index (χ2v) is 5.88. The molecule has 1 N–H and O–H groups in total. The van der Waals surface area contributed by atoms with Gasteiger partial charge in [0.1, 0.15) is 0 Å². The number of hydrogen-bond donors (Lipinski definition) is 1. The van der Waals surface area contributed by atoms with E-state index in [2.05, 4.69) is 26.9 Å². The number of carbonyl (C=O) groups excluding carboxylic acids is 1. The summed E-state index contributed by atoms with van der Waals surface area (Å²) in [6.45, 7) is 5.50. The Labute approximate surface area is 129 Å². The maximum Gasteiger partial charge on any atom is 0.305 e. The van der Waals surface area contributed by atoms with E-state index >= 15 is 0 Å². The maximum absolute atomic E-state index is 11.0. The number of methoxy groups -OCH3 is 1. The molecule has 1 saturated heterocycles. The number of esters is 1. The topological polar surface area (TPSA) is 53.9 Å². The molecule has 122 valence electrons. The number of ether oxygens (including phenoxy) is 1. The fourth-order valence-electron chi connectivity index (χ4n) is 2.60. The first-order valence-electron chi connectivity index (χ1n) is 8.19. The van der Waals surface area contributed by atoms with Gasteiger partial charge < -0.3 is 15.0 Å². The SMILES string of the molecule is CN=C(NCCCCCCC(=O)OC)N1CCC(C)CC1. The molecule has 1 fully saturated rings. The number of unbranched alkanes of at least 4 members (excludes halogenated alkanes) is 3. The van der Waals surface area contributed by atoms with Gasteiger partial charge in [-0.1, -0.05) is 19.8 Å². The van der Waals surface area contributed by atoms with Crippen LogP contribution in [0.1, 0.15) is 51.9 Å². The van der Waals surface area contributed by atoms with Crippen LogP contribution in [0.25, 0.3) is 0 Å². The summed E-state index contributed by atoms with van der Waals surface area (Å²) < 4.78 is 4.63. The van der Waals surface area contributed by atoms with Crippen LogP contribution < -0.4 is 5.32 Å². The van der Waals surface area contributed by atoms with E-state index < -0.39 is 0 Å². The second kappa shape index (κ2) is 10.5. The Kier molecular flexibility index (Phi) is 8.87. The number of hydrogen-bond acceptors (Lipinski definition) is 3. The van der Waals surface area contributed by atoms with Crippen LogP contribution in [0, 0.1) is 5.92 Å². The Morgan fingerprint density at radius 1 is 1.24 bits per heavy atom. The lowest BCUT2D eigenvalue weighted by Crippen LogP contribution is -2.45. The van der Waals surface area contributed by atoms with Gasteiger partial charge >= 0.3 is 5.97 Å². The molecule has 21 heavy (non-hydrogen) atoms. The standard InChI is InChI=1S/C16H31N3O2/c1-14-9-12-19(13-10-14)16(17-2)18-11-7-5-4-6-8-15(20)21-3/h14H,4-13H2,1-3H3,(H,17,18). The molecule has 0 aromatic carbocycles. The summed E-state index contributed by atoms with van der Waals surface area (Å²) in [6, 6.07) is 0. The minimum absolute atomic E-state index is 0.104. The molecule has 1 aliphatic rings. The van der Waals surface area contributed by atoms with Crippen molar-refractivity contribution in [1.29, 1.82) is 0 Å². The first kappa shape index (κ1) is 17.8. The van der Waals surface area contributed by atoms with Crippen molar-refractivity contribution in [3.8, 4) is 0 Å². The molecule has 5 heteroatoms. The predicted octanol–water partition coefficient (Wildman–Crippen LogP) is 2.42. The van der Waals surface area contributed by atoms with Crippen molar-refractivity contribution < 1.29 is 9.53 Å². The van der Waals surface area contributed by atoms with Gasteiger partial charge in [0.05, 0.1) is 7.11 Å². The highest BCUT2D eigenvalue weighted by molar-refractivity contribution is 5.79. The van der Waals surface area contributed by atoms with Crippen molar-refractivity contribution in [2.45, 2.75) is 51.9 Å². The van der Waals surface area contributed by atoms with Crippen LogP contribution in [0.4, 0.5) is 0 Å². The van der Waals surface area contributed by atoms with E-state index in [1.165, 1.54) is 20.0 Å². The van der Waals surface area contributed by atoms with Gasteiger partial charge in [-0.2, -0.15) is 0 Å². The van der Waals surface area contributed by atoms with E-state index in [9.17, 15) is 4.79 Å². The largest absolute Gasteiger partial charge is 0.469 e. The third kappa shape index (κ3) is 7.34. The fraction of sp³-hybridized carbons (Fsp3) is 0.875. The molecule has 1 rings (SSSR count). The molecule has 0 saturated carbocycles. The zero-order valence-corrected chi connectivity index (χ0v) is 13.9. The summed E-state index contributed by atoms with van der Waals surface area (Å²) in [4.78, 5) is 17.7. The first-order chi connectivity index (χ1) is 10.2. The Bertz CT molecular complexity index is 323. The Balaban J connectivity index is 2.06. The number of nitrogens with one attached hydrogen (secondary N) is 1. The van der Waals surface area contributed by atoms with Crippen molar-refractivity contribution in [3.63, 3.8) is 0 Å². The number of aliphatic imine (C=N–C) groups is 1. The minimum Gasteiger partial charge on any atom is -0.469 e. The van der Waals surface area contributed by atoms with Gasteiger partial charge in [-0.05, 0) is 31.6 Å². The molecule has 0 amide bonds. The molecule has 1 heterocycles. The van der Waals surface area contributed by atoms with Crippen molar-refractivity contribution in [2.24, 2.45) is 10.9 Å². The second-order valence-electron chi connectivity index (χ2n) is 5.88. The van der Waals surface area contributed by atoms with Crippen LogP contribution in [0.2, 0.25) is 0 Å². The first-order valence-corrected chi connectivity index (χ1v) is 8.19. The van der Waals surface area contributed by atoms with Gasteiger partial charge in [-0.15, -0.1) is 0 Å². The number of carbonyl (C=O) groups is 1. The van der Waals surface area contributed by atoms with E-state index in [0.29, 0.717) is 6.42 Å². The molecular formula is C16H31N3O2. The van der Waals surface area contributed by atoms with Crippen LogP contribution in [0.15, 0.2) is 4.99 Å². The molecule has 0 aromatic rings. The minimum atomic E-state index is -0.104. The summed E-state index contributed by atoms with van der Waals surface area (Å²) in [5, 5.41) is 3.45. The number of likely N-dealkylation sites (tertiary alicyclic amines) is 1. The summed E-state index contributed by atoms with van der Waals surface area (Å²) in [5.41, 5.74) is 0. The number of guanidine groups is 1. The number of piperidine rings is 1. The zero-order valence-electron chi connectivity index (χ0n) is 13.9. The van der Waals surface area contributed by atoms with Crippen LogP contribution in [-0.4, -0.2) is 50.6 Å². The third-order valence-electron chi connectivity index (χ3n) is 4.11. The predicted molar refractivity (Wildman–Crippen MR) is 86.4 cm³/mol. The van der Waals surface area contributed by atoms with Gasteiger partial charge in [0, 0.05) is 33.1 Å². The van der Waals surface area contributed by atoms with Crippen LogP contribution in [0.5, 0.6) is 0 Å². The molecule has 1 aliphatic heterocycles. The van der Waals surface area contributed by atoms with Crippen LogP contribution in [-0.2, 0) is 9.53 Å². The number of rotatable bonds is 7. The van der Waals surface area contributed by atoms with E-state index in [4.69, 9.17) is 0 Å². The lowest BCUT2D eigenvalue weighted by atomic mass is 10.00. The normalized spacial score (nSPS) is 16.9. The Morgan fingerprint density at radius 3 is 2.52 bits per heavy atom. The summed E-state index contributed by atoms with van der Waals surface area (Å²) >= 11 is 0.